The molecule has 0 fully saturated rings. The monoisotopic (exact) mass is 241 g/mol. The van der Waals surface area contributed by atoms with Crippen molar-refractivity contribution in [2.45, 2.75) is 6.42 Å². The quantitative estimate of drug-likeness (QED) is 0.661. The summed E-state index contributed by atoms with van der Waals surface area (Å²) >= 11 is 0. The molecule has 3 heteroatoms. The first-order chi connectivity index (χ1) is 8.69. The predicted octanol–water partition coefficient (Wildman–Crippen LogP) is 2.70. The van der Waals surface area contributed by atoms with Crippen molar-refractivity contribution < 1.29 is 9.53 Å². The number of anilines is 1. The first kappa shape index (κ1) is 12.2. The summed E-state index contributed by atoms with van der Waals surface area (Å²) in [5.41, 5.74) is 7.86. The van der Waals surface area contributed by atoms with E-state index < -0.39 is 0 Å². The molecule has 0 spiro atoms. The van der Waals surface area contributed by atoms with Crippen molar-refractivity contribution in [1.29, 1.82) is 0 Å². The van der Waals surface area contributed by atoms with Gasteiger partial charge in [0.05, 0.1) is 7.11 Å². The fourth-order valence-corrected chi connectivity index (χ4v) is 1.74. The Labute approximate surface area is 106 Å². The van der Waals surface area contributed by atoms with Gasteiger partial charge in [0.2, 0.25) is 0 Å². The van der Waals surface area contributed by atoms with Crippen LogP contribution in [0.3, 0.4) is 0 Å². The van der Waals surface area contributed by atoms with Crippen LogP contribution in [0.5, 0.6) is 5.75 Å². The highest BCUT2D eigenvalue weighted by molar-refractivity contribution is 5.97. The van der Waals surface area contributed by atoms with Crippen molar-refractivity contribution in [3.63, 3.8) is 0 Å². The Kier molecular flexibility index (Phi) is 3.63. The van der Waals surface area contributed by atoms with E-state index in [0.29, 0.717) is 17.7 Å². The van der Waals surface area contributed by atoms with Gasteiger partial charge in [0.1, 0.15) is 5.75 Å². The lowest BCUT2D eigenvalue weighted by molar-refractivity contribution is 0.0993. The van der Waals surface area contributed by atoms with Crippen molar-refractivity contribution in [2.75, 3.05) is 12.8 Å². The second-order valence-electron chi connectivity index (χ2n) is 4.07. The molecule has 0 unspecified atom stereocenters. The van der Waals surface area contributed by atoms with E-state index in [1.54, 1.807) is 31.4 Å². The number of carbonyl (C=O) groups excluding carboxylic acids is 1. The van der Waals surface area contributed by atoms with Crippen LogP contribution in [-0.2, 0) is 6.42 Å². The summed E-state index contributed by atoms with van der Waals surface area (Å²) in [6.07, 6.45) is 0.362. The van der Waals surface area contributed by atoms with E-state index in [0.717, 1.165) is 11.3 Å². The van der Waals surface area contributed by atoms with E-state index in [9.17, 15) is 4.79 Å². The van der Waals surface area contributed by atoms with Crippen LogP contribution >= 0.6 is 0 Å². The van der Waals surface area contributed by atoms with Crippen molar-refractivity contribution in [3.8, 4) is 5.75 Å². The van der Waals surface area contributed by atoms with Crippen LogP contribution in [0.25, 0.3) is 0 Å². The van der Waals surface area contributed by atoms with Gasteiger partial charge in [-0.1, -0.05) is 12.1 Å². The number of carbonyl (C=O) groups is 1. The number of hydrogen-bond acceptors (Lipinski definition) is 3. The Balaban J connectivity index is 2.13. The molecule has 0 aliphatic heterocycles. The highest BCUT2D eigenvalue weighted by atomic mass is 16.5. The van der Waals surface area contributed by atoms with Crippen molar-refractivity contribution in [3.05, 3.63) is 59.7 Å². The van der Waals surface area contributed by atoms with E-state index in [1.165, 1.54) is 0 Å². The van der Waals surface area contributed by atoms with Gasteiger partial charge < -0.3 is 10.5 Å². The number of nitrogen functional groups attached to an aromatic ring is 1. The van der Waals surface area contributed by atoms with Gasteiger partial charge in [0.15, 0.2) is 5.78 Å². The largest absolute Gasteiger partial charge is 0.497 e. The topological polar surface area (TPSA) is 52.3 Å². The Morgan fingerprint density at radius 2 is 1.89 bits per heavy atom. The highest BCUT2D eigenvalue weighted by Gasteiger charge is 2.07. The zero-order chi connectivity index (χ0) is 13.0. The molecule has 0 aliphatic rings. The van der Waals surface area contributed by atoms with Crippen LogP contribution in [0.15, 0.2) is 48.5 Å². The van der Waals surface area contributed by atoms with Crippen LogP contribution in [0, 0.1) is 0 Å². The molecule has 0 saturated heterocycles. The summed E-state index contributed by atoms with van der Waals surface area (Å²) in [4.78, 5) is 12.0. The average molecular weight is 241 g/mol. The zero-order valence-electron chi connectivity index (χ0n) is 10.2. The van der Waals surface area contributed by atoms with Crippen LogP contribution in [0.2, 0.25) is 0 Å². The summed E-state index contributed by atoms with van der Waals surface area (Å²) < 4.78 is 5.13. The molecule has 0 amide bonds. The normalized spacial score (nSPS) is 10.1. The molecule has 2 aromatic rings. The van der Waals surface area contributed by atoms with Gasteiger partial charge in [0, 0.05) is 17.7 Å². The minimum Gasteiger partial charge on any atom is -0.497 e. The molecule has 92 valence electrons. The third-order valence-electron chi connectivity index (χ3n) is 2.73. The van der Waals surface area contributed by atoms with Gasteiger partial charge in [-0.2, -0.15) is 0 Å². The second kappa shape index (κ2) is 5.36. The van der Waals surface area contributed by atoms with Gasteiger partial charge >= 0.3 is 0 Å². The number of ketones is 1. The predicted molar refractivity (Wildman–Crippen MR) is 71.9 cm³/mol. The van der Waals surface area contributed by atoms with E-state index in [2.05, 4.69) is 0 Å². The molecule has 18 heavy (non-hydrogen) atoms. The van der Waals surface area contributed by atoms with Crippen LogP contribution in [0.4, 0.5) is 5.69 Å². The molecule has 3 nitrogen and oxygen atoms in total. The molecule has 0 aromatic heterocycles. The maximum Gasteiger partial charge on any atom is 0.167 e. The lowest BCUT2D eigenvalue weighted by Gasteiger charge is -2.04. The first-order valence-corrected chi connectivity index (χ1v) is 5.71. The number of Topliss-reactive ketones (excluding diaryl/α,β-unsaturated/α-hetero) is 1. The lowest BCUT2D eigenvalue weighted by atomic mass is 10.0. The van der Waals surface area contributed by atoms with E-state index in [4.69, 9.17) is 10.5 Å². The minimum absolute atomic E-state index is 0.0725. The molecular weight excluding hydrogens is 226 g/mol. The molecule has 0 heterocycles. The summed E-state index contributed by atoms with van der Waals surface area (Å²) in [6, 6.07) is 14.5. The fraction of sp³-hybridized carbons (Fsp3) is 0.133. The lowest BCUT2D eigenvalue weighted by Crippen LogP contribution is -2.03. The van der Waals surface area contributed by atoms with E-state index in [1.807, 2.05) is 24.3 Å². The molecule has 0 aliphatic carbocycles. The Morgan fingerprint density at radius 3 is 2.56 bits per heavy atom. The molecular formula is C15H15NO2. The molecule has 2 N–H and O–H groups in total. The number of nitrogens with two attached hydrogens (primary N) is 1. The van der Waals surface area contributed by atoms with E-state index >= 15 is 0 Å². The van der Waals surface area contributed by atoms with Gasteiger partial charge in [-0.3, -0.25) is 4.79 Å². The third kappa shape index (κ3) is 2.88. The number of rotatable bonds is 4. The molecule has 0 saturated carbocycles. The molecule has 2 rings (SSSR count). The minimum atomic E-state index is 0.0725. The summed E-state index contributed by atoms with van der Waals surface area (Å²) in [5.74, 6) is 0.834. The molecule has 0 bridgehead atoms. The summed E-state index contributed by atoms with van der Waals surface area (Å²) in [5, 5.41) is 0. The van der Waals surface area contributed by atoms with Crippen molar-refractivity contribution in [2.24, 2.45) is 0 Å². The van der Waals surface area contributed by atoms with Crippen molar-refractivity contribution in [1.82, 2.24) is 0 Å². The average Bonchev–Trinajstić information content (AvgIpc) is 2.39. The fourth-order valence-electron chi connectivity index (χ4n) is 1.74. The third-order valence-corrected chi connectivity index (χ3v) is 2.73. The standard InChI is InChI=1S/C15H15NO2/c1-18-14-4-2-3-11(9-14)10-15(17)12-5-7-13(16)8-6-12/h2-9H,10,16H2,1H3. The first-order valence-electron chi connectivity index (χ1n) is 5.71. The maximum absolute atomic E-state index is 12.0. The number of hydrogen-bond donors (Lipinski definition) is 1. The number of methoxy groups -OCH3 is 1. The Bertz CT molecular complexity index is 547. The second-order valence-corrected chi connectivity index (χ2v) is 4.07. The molecule has 0 radical (unpaired) electrons. The number of ether oxygens (including phenoxy) is 1. The summed E-state index contributed by atoms with van der Waals surface area (Å²) in [7, 11) is 1.61. The van der Waals surface area contributed by atoms with Gasteiger partial charge in [-0.05, 0) is 42.0 Å². The SMILES string of the molecule is COc1cccc(CC(=O)c2ccc(N)cc2)c1. The van der Waals surface area contributed by atoms with Crippen LogP contribution in [0.1, 0.15) is 15.9 Å². The van der Waals surface area contributed by atoms with Gasteiger partial charge in [0.25, 0.3) is 0 Å². The Morgan fingerprint density at radius 1 is 1.17 bits per heavy atom. The maximum atomic E-state index is 12.0. The van der Waals surface area contributed by atoms with E-state index in [-0.39, 0.29) is 5.78 Å². The molecule has 0 atom stereocenters. The molecule has 2 aromatic carbocycles. The zero-order valence-corrected chi connectivity index (χ0v) is 10.2. The van der Waals surface area contributed by atoms with Crippen LogP contribution < -0.4 is 10.5 Å². The Hall–Kier alpha value is -2.29. The van der Waals surface area contributed by atoms with Crippen LogP contribution in [-0.4, -0.2) is 12.9 Å². The summed E-state index contributed by atoms with van der Waals surface area (Å²) in [6.45, 7) is 0. The highest BCUT2D eigenvalue weighted by Crippen LogP contribution is 2.15. The van der Waals surface area contributed by atoms with Crippen molar-refractivity contribution >= 4 is 11.5 Å². The van der Waals surface area contributed by atoms with Gasteiger partial charge in [-0.15, -0.1) is 0 Å². The smallest absolute Gasteiger partial charge is 0.167 e. The van der Waals surface area contributed by atoms with Gasteiger partial charge in [-0.25, -0.2) is 0 Å². The number of benzene rings is 2.